The minimum atomic E-state index is -0.658. The van der Waals surface area contributed by atoms with Crippen LogP contribution in [-0.4, -0.2) is 41.7 Å². The number of esters is 1. The average molecular weight is 628 g/mol. The first kappa shape index (κ1) is 31.0. The molecule has 2 heterocycles. The van der Waals surface area contributed by atoms with Gasteiger partial charge in [0.05, 0.1) is 25.1 Å². The number of hydrogen-bond donors (Lipinski definition) is 2. The molecule has 10 heteroatoms. The van der Waals surface area contributed by atoms with Crippen molar-refractivity contribution >= 4 is 57.5 Å². The van der Waals surface area contributed by atoms with Crippen LogP contribution in [0.3, 0.4) is 0 Å². The predicted octanol–water partition coefficient (Wildman–Crippen LogP) is 6.48. The molecule has 0 radical (unpaired) electrons. The summed E-state index contributed by atoms with van der Waals surface area (Å²) in [7, 11) is 0. The quantitative estimate of drug-likeness (QED) is 0.154. The van der Waals surface area contributed by atoms with Crippen LogP contribution in [0.4, 0.5) is 10.7 Å². The van der Waals surface area contributed by atoms with Gasteiger partial charge in [0.1, 0.15) is 10.3 Å². The second-order valence-corrected chi connectivity index (χ2v) is 12.5. The summed E-state index contributed by atoms with van der Waals surface area (Å²) in [6.45, 7) is 4.36. The summed E-state index contributed by atoms with van der Waals surface area (Å²) in [6, 6.07) is 26.3. The number of carbonyl (C=O) groups is 4. The van der Waals surface area contributed by atoms with E-state index in [-0.39, 0.29) is 30.7 Å². The first-order valence-electron chi connectivity index (χ1n) is 14.4. The molecule has 226 valence electrons. The van der Waals surface area contributed by atoms with Gasteiger partial charge in [0, 0.05) is 28.9 Å². The lowest BCUT2D eigenvalue weighted by molar-refractivity contribution is -0.129. The highest BCUT2D eigenvalue weighted by atomic mass is 32.2. The maximum Gasteiger partial charge on any atom is 0.341 e. The number of benzene rings is 3. The average Bonchev–Trinajstić information content (AvgIpc) is 3.38. The van der Waals surface area contributed by atoms with E-state index in [9.17, 15) is 19.2 Å². The highest BCUT2D eigenvalue weighted by Crippen LogP contribution is 2.41. The number of anilines is 2. The van der Waals surface area contributed by atoms with Gasteiger partial charge in [-0.1, -0.05) is 66.7 Å². The maximum absolute atomic E-state index is 14.0. The molecule has 44 heavy (non-hydrogen) atoms. The van der Waals surface area contributed by atoms with Gasteiger partial charge in [-0.15, -0.1) is 23.1 Å². The van der Waals surface area contributed by atoms with Gasteiger partial charge in [0.25, 0.3) is 0 Å². The summed E-state index contributed by atoms with van der Waals surface area (Å²) in [5.41, 5.74) is 3.53. The van der Waals surface area contributed by atoms with Crippen LogP contribution < -0.4 is 10.6 Å². The lowest BCUT2D eigenvalue weighted by atomic mass is 10.0. The molecule has 1 unspecified atom stereocenters. The van der Waals surface area contributed by atoms with E-state index in [1.54, 1.807) is 11.8 Å². The van der Waals surface area contributed by atoms with Gasteiger partial charge in [0.15, 0.2) is 0 Å². The Morgan fingerprint density at radius 3 is 2.39 bits per heavy atom. The number of hydrogen-bond acceptors (Lipinski definition) is 7. The van der Waals surface area contributed by atoms with Crippen molar-refractivity contribution in [1.29, 1.82) is 0 Å². The van der Waals surface area contributed by atoms with Gasteiger partial charge in [-0.25, -0.2) is 4.79 Å². The Bertz CT molecular complexity index is 1660. The second-order valence-electron chi connectivity index (χ2n) is 10.3. The number of nitrogens with zero attached hydrogens (tertiary/aromatic N) is 1. The molecule has 0 spiro atoms. The molecule has 2 N–H and O–H groups in total. The molecule has 3 aromatic carbocycles. The van der Waals surface area contributed by atoms with E-state index < -0.39 is 11.2 Å². The maximum atomic E-state index is 14.0. The van der Waals surface area contributed by atoms with Crippen molar-refractivity contribution in [2.24, 2.45) is 0 Å². The van der Waals surface area contributed by atoms with Crippen LogP contribution in [0.1, 0.15) is 51.0 Å². The topological polar surface area (TPSA) is 105 Å². The minimum Gasteiger partial charge on any atom is -0.462 e. The van der Waals surface area contributed by atoms with Crippen molar-refractivity contribution in [3.05, 3.63) is 112 Å². The number of nitrogens with one attached hydrogen (secondary N) is 2. The fourth-order valence-electron chi connectivity index (χ4n) is 5.03. The van der Waals surface area contributed by atoms with Crippen molar-refractivity contribution in [2.75, 3.05) is 23.8 Å². The van der Waals surface area contributed by atoms with E-state index >= 15 is 0 Å². The number of carbonyl (C=O) groups excluding carboxylic acids is 4. The molecular formula is C34H33N3O5S2. The smallest absolute Gasteiger partial charge is 0.341 e. The molecule has 0 saturated carbocycles. The summed E-state index contributed by atoms with van der Waals surface area (Å²) in [5, 5.41) is 5.75. The normalized spacial score (nSPS) is 13.0. The fourth-order valence-corrected chi connectivity index (χ4v) is 7.37. The molecule has 0 fully saturated rings. The lowest BCUT2D eigenvalue weighted by Gasteiger charge is -2.25. The van der Waals surface area contributed by atoms with Crippen LogP contribution >= 0.6 is 23.1 Å². The van der Waals surface area contributed by atoms with Gasteiger partial charge >= 0.3 is 5.97 Å². The SMILES string of the molecule is CCOC(=O)c1c(NC(=O)C(Sc2cccc(NC(=O)Cc3ccccc3)c2)c2ccccc2)sc2c1CCN(C(C)=O)C2. The molecule has 3 amide bonds. The van der Waals surface area contributed by atoms with Crippen LogP contribution in [0.5, 0.6) is 0 Å². The van der Waals surface area contributed by atoms with Gasteiger partial charge in [-0.3, -0.25) is 14.4 Å². The Labute approximate surface area is 264 Å². The van der Waals surface area contributed by atoms with Crippen LogP contribution in [0.25, 0.3) is 0 Å². The first-order chi connectivity index (χ1) is 21.3. The summed E-state index contributed by atoms with van der Waals surface area (Å²) in [5.74, 6) is -0.953. The van der Waals surface area contributed by atoms with Crippen molar-refractivity contribution in [2.45, 2.75) is 43.4 Å². The molecule has 0 saturated heterocycles. The number of thioether (sulfide) groups is 1. The van der Waals surface area contributed by atoms with Crippen LogP contribution in [0.15, 0.2) is 89.8 Å². The van der Waals surface area contributed by atoms with Gasteiger partial charge in [-0.05, 0) is 48.2 Å². The summed E-state index contributed by atoms with van der Waals surface area (Å²) in [4.78, 5) is 55.2. The van der Waals surface area contributed by atoms with Gasteiger partial charge in [0.2, 0.25) is 17.7 Å². The Hall–Kier alpha value is -4.41. The van der Waals surface area contributed by atoms with E-state index in [0.717, 1.165) is 26.5 Å². The third-order valence-electron chi connectivity index (χ3n) is 7.14. The van der Waals surface area contributed by atoms with E-state index in [1.807, 2.05) is 84.9 Å². The van der Waals surface area contributed by atoms with Crippen LogP contribution in [0.2, 0.25) is 0 Å². The van der Waals surface area contributed by atoms with Gasteiger partial charge < -0.3 is 20.3 Å². The molecule has 1 aliphatic heterocycles. The lowest BCUT2D eigenvalue weighted by Crippen LogP contribution is -2.34. The Balaban J connectivity index is 1.39. The monoisotopic (exact) mass is 627 g/mol. The van der Waals surface area contributed by atoms with Crippen molar-refractivity contribution in [3.8, 4) is 0 Å². The Morgan fingerprint density at radius 2 is 1.68 bits per heavy atom. The number of rotatable bonds is 10. The molecule has 0 aliphatic carbocycles. The zero-order chi connectivity index (χ0) is 31.1. The van der Waals surface area contributed by atoms with E-state index in [0.29, 0.717) is 35.8 Å². The zero-order valence-corrected chi connectivity index (χ0v) is 26.1. The van der Waals surface area contributed by atoms with E-state index in [4.69, 9.17) is 4.74 Å². The molecule has 1 aromatic heterocycles. The van der Waals surface area contributed by atoms with Crippen molar-refractivity contribution < 1.29 is 23.9 Å². The second kappa shape index (κ2) is 14.4. The summed E-state index contributed by atoms with van der Waals surface area (Å²) >= 11 is 2.66. The molecular weight excluding hydrogens is 595 g/mol. The number of thiophene rings is 1. The third-order valence-corrected chi connectivity index (χ3v) is 9.52. The van der Waals surface area contributed by atoms with Gasteiger partial charge in [-0.2, -0.15) is 0 Å². The number of fused-ring (bicyclic) bond motifs is 1. The molecule has 1 aliphatic rings. The highest BCUT2D eigenvalue weighted by molar-refractivity contribution is 8.00. The van der Waals surface area contributed by atoms with Crippen LogP contribution in [0, 0.1) is 0 Å². The summed E-state index contributed by atoms with van der Waals surface area (Å²) < 4.78 is 5.37. The van der Waals surface area contributed by atoms with Crippen LogP contribution in [-0.2, 0) is 38.5 Å². The Kier molecular flexibility index (Phi) is 10.1. The third kappa shape index (κ3) is 7.56. The molecule has 4 aromatic rings. The van der Waals surface area contributed by atoms with Crippen molar-refractivity contribution in [1.82, 2.24) is 4.90 Å². The highest BCUT2D eigenvalue weighted by Gasteiger charge is 2.32. The van der Waals surface area contributed by atoms with E-state index in [1.165, 1.54) is 30.0 Å². The number of ether oxygens (including phenoxy) is 1. The zero-order valence-electron chi connectivity index (χ0n) is 24.5. The molecule has 1 atom stereocenters. The Morgan fingerprint density at radius 1 is 0.955 bits per heavy atom. The molecule has 0 bridgehead atoms. The predicted molar refractivity (Wildman–Crippen MR) is 174 cm³/mol. The van der Waals surface area contributed by atoms with E-state index in [2.05, 4.69) is 10.6 Å². The molecule has 5 rings (SSSR count). The number of amides is 3. The standard InChI is InChI=1S/C34H33N3O5S2/c1-3-42-34(41)30-27-17-18-37(22(2)38)21-28(27)44-33(30)36-32(40)31(24-13-8-5-9-14-24)43-26-16-10-15-25(20-26)35-29(39)19-23-11-6-4-7-12-23/h4-16,20,31H,3,17-19,21H2,1-2H3,(H,35,39)(H,36,40). The summed E-state index contributed by atoms with van der Waals surface area (Å²) in [6.07, 6.45) is 0.764. The molecule has 8 nitrogen and oxygen atoms in total. The fraction of sp³-hybridized carbons (Fsp3) is 0.235. The largest absolute Gasteiger partial charge is 0.462 e. The van der Waals surface area contributed by atoms with Crippen molar-refractivity contribution in [3.63, 3.8) is 0 Å². The minimum absolute atomic E-state index is 0.0358. The first-order valence-corrected chi connectivity index (χ1v) is 16.1.